The maximum Gasteiger partial charge on any atom is 0.261 e. The Balaban J connectivity index is 1.99. The highest BCUT2D eigenvalue weighted by Crippen LogP contribution is 2.26. The van der Waals surface area contributed by atoms with Crippen LogP contribution in [-0.2, 0) is 16.4 Å². The van der Waals surface area contributed by atoms with Crippen LogP contribution in [0.2, 0.25) is 5.02 Å². The molecule has 0 unspecified atom stereocenters. The third-order valence-corrected chi connectivity index (χ3v) is 6.49. The quantitative estimate of drug-likeness (QED) is 0.340. The van der Waals surface area contributed by atoms with E-state index in [-0.39, 0.29) is 21.9 Å². The van der Waals surface area contributed by atoms with Crippen LogP contribution in [0, 0.1) is 3.57 Å². The predicted molar refractivity (Wildman–Crippen MR) is 121 cm³/mol. The molecule has 0 heterocycles. The van der Waals surface area contributed by atoms with E-state index in [2.05, 4.69) is 27.3 Å². The Morgan fingerprint density at radius 2 is 1.75 bits per heavy atom. The summed E-state index contributed by atoms with van der Waals surface area (Å²) in [5.41, 5.74) is 1.89. The summed E-state index contributed by atoms with van der Waals surface area (Å²) in [5.74, 6) is -0.306. The van der Waals surface area contributed by atoms with Gasteiger partial charge in [-0.15, -0.1) is 0 Å². The van der Waals surface area contributed by atoms with Crippen molar-refractivity contribution < 1.29 is 13.2 Å². The van der Waals surface area contributed by atoms with Crippen LogP contribution in [0.15, 0.2) is 71.6 Å². The normalized spacial score (nSPS) is 11.2. The Kier molecular flexibility index (Phi) is 6.42. The lowest BCUT2D eigenvalue weighted by Gasteiger charge is -2.13. The number of benzene rings is 3. The topological polar surface area (TPSA) is 63.2 Å². The van der Waals surface area contributed by atoms with Gasteiger partial charge in [-0.05, 0) is 77.0 Å². The summed E-state index contributed by atoms with van der Waals surface area (Å²) in [5, 5.41) is 0.351. The number of ketones is 1. The smallest absolute Gasteiger partial charge is 0.261 e. The Hall–Kier alpha value is -1.90. The molecule has 0 amide bonds. The monoisotopic (exact) mass is 525 g/mol. The molecule has 0 spiro atoms. The molecule has 0 saturated carbocycles. The summed E-state index contributed by atoms with van der Waals surface area (Å²) in [6.45, 7) is 2.00. The number of halogens is 2. The van der Waals surface area contributed by atoms with Crippen LogP contribution in [-0.4, -0.2) is 14.2 Å². The van der Waals surface area contributed by atoms with Crippen molar-refractivity contribution in [2.75, 3.05) is 4.72 Å². The maximum atomic E-state index is 13.0. The molecule has 0 atom stereocenters. The second-order valence-electron chi connectivity index (χ2n) is 6.13. The number of nitrogens with one attached hydrogen (secondary N) is 1. The minimum atomic E-state index is -3.84. The fraction of sp³-hybridized carbons (Fsp3) is 0.0952. The first kappa shape index (κ1) is 20.8. The van der Waals surface area contributed by atoms with Crippen molar-refractivity contribution in [3.8, 4) is 0 Å². The van der Waals surface area contributed by atoms with Gasteiger partial charge in [-0.2, -0.15) is 0 Å². The molecule has 4 nitrogen and oxygen atoms in total. The first-order valence-electron chi connectivity index (χ1n) is 8.52. The Labute approximate surface area is 183 Å². The lowest BCUT2D eigenvalue weighted by atomic mass is 10.0. The van der Waals surface area contributed by atoms with E-state index in [0.29, 0.717) is 10.6 Å². The van der Waals surface area contributed by atoms with E-state index in [0.717, 1.165) is 15.6 Å². The van der Waals surface area contributed by atoms with E-state index in [1.54, 1.807) is 48.5 Å². The van der Waals surface area contributed by atoms with Crippen LogP contribution >= 0.6 is 34.2 Å². The molecule has 144 valence electrons. The molecule has 0 radical (unpaired) electrons. The third kappa shape index (κ3) is 4.74. The van der Waals surface area contributed by atoms with E-state index in [1.807, 2.05) is 13.0 Å². The molecular formula is C21H17ClINO3S. The number of anilines is 1. The van der Waals surface area contributed by atoms with Gasteiger partial charge in [-0.25, -0.2) is 8.42 Å². The number of aryl methyl sites for hydroxylation is 1. The van der Waals surface area contributed by atoms with Gasteiger partial charge in [0, 0.05) is 19.7 Å². The molecule has 0 fully saturated rings. The molecule has 0 aromatic heterocycles. The first-order chi connectivity index (χ1) is 13.3. The van der Waals surface area contributed by atoms with Crippen LogP contribution in [0.25, 0.3) is 0 Å². The van der Waals surface area contributed by atoms with E-state index in [9.17, 15) is 13.2 Å². The Bertz CT molecular complexity index is 1130. The molecule has 7 heteroatoms. The minimum Gasteiger partial charge on any atom is -0.289 e. The van der Waals surface area contributed by atoms with Crippen LogP contribution in [0.5, 0.6) is 0 Å². The van der Waals surface area contributed by atoms with Crippen molar-refractivity contribution in [2.24, 2.45) is 0 Å². The number of carbonyl (C=O) groups is 1. The zero-order valence-electron chi connectivity index (χ0n) is 14.9. The first-order valence-corrected chi connectivity index (χ1v) is 11.5. The molecule has 3 rings (SSSR count). The molecule has 0 saturated heterocycles. The van der Waals surface area contributed by atoms with Crippen LogP contribution in [0.3, 0.4) is 0 Å². The fourth-order valence-corrected chi connectivity index (χ4v) is 4.48. The average Bonchev–Trinajstić information content (AvgIpc) is 2.68. The number of hydrogen-bond acceptors (Lipinski definition) is 3. The van der Waals surface area contributed by atoms with Gasteiger partial charge >= 0.3 is 0 Å². The van der Waals surface area contributed by atoms with Gasteiger partial charge in [-0.1, -0.05) is 42.8 Å². The van der Waals surface area contributed by atoms with E-state index in [1.165, 1.54) is 12.1 Å². The van der Waals surface area contributed by atoms with Crippen molar-refractivity contribution in [1.29, 1.82) is 0 Å². The number of rotatable bonds is 6. The third-order valence-electron chi connectivity index (χ3n) is 4.20. The van der Waals surface area contributed by atoms with Gasteiger partial charge in [-0.3, -0.25) is 9.52 Å². The molecular weight excluding hydrogens is 509 g/mol. The number of carbonyl (C=O) groups excluding carboxylic acids is 1. The molecule has 3 aromatic carbocycles. The lowest BCUT2D eigenvalue weighted by Crippen LogP contribution is -2.16. The summed E-state index contributed by atoms with van der Waals surface area (Å²) in [7, 11) is -3.84. The van der Waals surface area contributed by atoms with Gasteiger partial charge in [0.25, 0.3) is 10.0 Å². The SMILES string of the molecule is CCc1ccc(S(=O)(=O)Nc2ccc(Cl)cc2C(=O)c2cccc(I)c2)cc1. The average molecular weight is 526 g/mol. The van der Waals surface area contributed by atoms with Crippen molar-refractivity contribution in [3.05, 3.63) is 92.0 Å². The van der Waals surface area contributed by atoms with Crippen molar-refractivity contribution in [1.82, 2.24) is 0 Å². The lowest BCUT2D eigenvalue weighted by molar-refractivity contribution is 0.103. The molecule has 0 aliphatic carbocycles. The summed E-state index contributed by atoms with van der Waals surface area (Å²) in [4.78, 5) is 13.1. The summed E-state index contributed by atoms with van der Waals surface area (Å²) < 4.78 is 29.0. The maximum absolute atomic E-state index is 13.0. The van der Waals surface area contributed by atoms with Crippen molar-refractivity contribution >= 4 is 55.7 Å². The fourth-order valence-electron chi connectivity index (χ4n) is 2.69. The molecule has 0 bridgehead atoms. The van der Waals surface area contributed by atoms with E-state index in [4.69, 9.17) is 11.6 Å². The largest absolute Gasteiger partial charge is 0.289 e. The highest BCUT2D eigenvalue weighted by Gasteiger charge is 2.20. The van der Waals surface area contributed by atoms with Crippen molar-refractivity contribution in [3.63, 3.8) is 0 Å². The minimum absolute atomic E-state index is 0.132. The van der Waals surface area contributed by atoms with Crippen LogP contribution < -0.4 is 4.72 Å². The van der Waals surface area contributed by atoms with E-state index < -0.39 is 10.0 Å². The standard InChI is InChI=1S/C21H17ClINO3S/c1-2-14-6-9-18(10-7-14)28(26,27)24-20-11-8-16(22)13-19(20)21(25)15-4-3-5-17(23)12-15/h3-13,24H,2H2,1H3. The van der Waals surface area contributed by atoms with E-state index >= 15 is 0 Å². The van der Waals surface area contributed by atoms with Gasteiger partial charge in [0.2, 0.25) is 0 Å². The predicted octanol–water partition coefficient (Wildman–Crippen LogP) is 5.54. The second-order valence-corrected chi connectivity index (χ2v) is 9.50. The Morgan fingerprint density at radius 3 is 2.39 bits per heavy atom. The summed E-state index contributed by atoms with van der Waals surface area (Å²) >= 11 is 8.19. The number of sulfonamides is 1. The second kappa shape index (κ2) is 8.63. The molecule has 0 aliphatic rings. The Morgan fingerprint density at radius 1 is 1.04 bits per heavy atom. The van der Waals surface area contributed by atoms with Gasteiger partial charge < -0.3 is 0 Å². The molecule has 1 N–H and O–H groups in total. The van der Waals surface area contributed by atoms with Gasteiger partial charge in [0.1, 0.15) is 0 Å². The molecule has 28 heavy (non-hydrogen) atoms. The number of hydrogen-bond donors (Lipinski definition) is 1. The molecule has 3 aromatic rings. The summed E-state index contributed by atoms with van der Waals surface area (Å²) in [6.07, 6.45) is 0.819. The van der Waals surface area contributed by atoms with Gasteiger partial charge in [0.15, 0.2) is 5.78 Å². The summed E-state index contributed by atoms with van der Waals surface area (Å²) in [6, 6.07) is 18.3. The zero-order chi connectivity index (χ0) is 20.3. The van der Waals surface area contributed by atoms with Crippen LogP contribution in [0.4, 0.5) is 5.69 Å². The highest BCUT2D eigenvalue weighted by atomic mass is 127. The van der Waals surface area contributed by atoms with Crippen molar-refractivity contribution in [2.45, 2.75) is 18.2 Å². The zero-order valence-corrected chi connectivity index (χ0v) is 18.7. The highest BCUT2D eigenvalue weighted by molar-refractivity contribution is 14.1. The molecule has 0 aliphatic heterocycles. The van der Waals surface area contributed by atoms with Crippen LogP contribution in [0.1, 0.15) is 28.4 Å². The van der Waals surface area contributed by atoms with Gasteiger partial charge in [0.05, 0.1) is 10.6 Å².